The van der Waals surface area contributed by atoms with Crippen molar-refractivity contribution in [2.24, 2.45) is 0 Å². The SMILES string of the molecule is c1ccc([C@H]2COC3(CCCCC3)O2)cc1. The van der Waals surface area contributed by atoms with E-state index in [1.807, 2.05) is 6.07 Å². The first-order valence-corrected chi connectivity index (χ1v) is 6.25. The predicted octanol–water partition coefficient (Wildman–Crippen LogP) is 3.43. The van der Waals surface area contributed by atoms with Gasteiger partial charge in [-0.1, -0.05) is 36.8 Å². The minimum Gasteiger partial charge on any atom is -0.347 e. The molecule has 1 saturated heterocycles. The van der Waals surface area contributed by atoms with Gasteiger partial charge in [0.15, 0.2) is 5.79 Å². The Morgan fingerprint density at radius 1 is 1.00 bits per heavy atom. The molecule has 0 amide bonds. The molecule has 2 heteroatoms. The van der Waals surface area contributed by atoms with Crippen molar-refractivity contribution in [2.45, 2.75) is 44.0 Å². The maximum absolute atomic E-state index is 6.15. The highest BCUT2D eigenvalue weighted by molar-refractivity contribution is 5.18. The number of rotatable bonds is 1. The molecule has 0 bridgehead atoms. The second kappa shape index (κ2) is 4.19. The number of hydrogen-bond donors (Lipinski definition) is 0. The van der Waals surface area contributed by atoms with Gasteiger partial charge >= 0.3 is 0 Å². The molecular formula is C14H18O2. The third-order valence-corrected chi connectivity index (χ3v) is 3.64. The lowest BCUT2D eigenvalue weighted by Gasteiger charge is -2.31. The first-order valence-electron chi connectivity index (χ1n) is 6.25. The fourth-order valence-corrected chi connectivity index (χ4v) is 2.74. The Kier molecular flexibility index (Phi) is 2.70. The molecule has 1 aromatic rings. The first kappa shape index (κ1) is 10.3. The third kappa shape index (κ3) is 1.87. The van der Waals surface area contributed by atoms with Crippen molar-refractivity contribution >= 4 is 0 Å². The topological polar surface area (TPSA) is 18.5 Å². The molecule has 1 aromatic carbocycles. The van der Waals surface area contributed by atoms with Gasteiger partial charge in [-0.25, -0.2) is 0 Å². The second-order valence-corrected chi connectivity index (χ2v) is 4.80. The molecular weight excluding hydrogens is 200 g/mol. The quantitative estimate of drug-likeness (QED) is 0.719. The van der Waals surface area contributed by atoms with E-state index in [9.17, 15) is 0 Å². The van der Waals surface area contributed by atoms with Crippen LogP contribution in [0.3, 0.4) is 0 Å². The highest BCUT2D eigenvalue weighted by atomic mass is 16.7. The molecule has 0 radical (unpaired) electrons. The van der Waals surface area contributed by atoms with Crippen molar-refractivity contribution < 1.29 is 9.47 Å². The Morgan fingerprint density at radius 2 is 1.75 bits per heavy atom. The molecule has 1 spiro atoms. The van der Waals surface area contributed by atoms with Gasteiger partial charge in [-0.2, -0.15) is 0 Å². The summed E-state index contributed by atoms with van der Waals surface area (Å²) in [6, 6.07) is 10.4. The zero-order valence-electron chi connectivity index (χ0n) is 9.52. The Labute approximate surface area is 96.6 Å². The Morgan fingerprint density at radius 3 is 2.50 bits per heavy atom. The van der Waals surface area contributed by atoms with Crippen LogP contribution in [0.25, 0.3) is 0 Å². The van der Waals surface area contributed by atoms with E-state index >= 15 is 0 Å². The third-order valence-electron chi connectivity index (χ3n) is 3.64. The molecule has 1 saturated carbocycles. The summed E-state index contributed by atoms with van der Waals surface area (Å²) in [7, 11) is 0. The van der Waals surface area contributed by atoms with Crippen LogP contribution in [0.2, 0.25) is 0 Å². The zero-order valence-corrected chi connectivity index (χ0v) is 9.52. The molecule has 16 heavy (non-hydrogen) atoms. The Balaban J connectivity index is 1.73. The number of hydrogen-bond acceptors (Lipinski definition) is 2. The highest BCUT2D eigenvalue weighted by Crippen LogP contribution is 2.42. The van der Waals surface area contributed by atoms with Crippen LogP contribution >= 0.6 is 0 Å². The van der Waals surface area contributed by atoms with E-state index in [0.29, 0.717) is 6.61 Å². The van der Waals surface area contributed by atoms with Gasteiger partial charge in [-0.05, 0) is 18.4 Å². The number of benzene rings is 1. The van der Waals surface area contributed by atoms with E-state index in [2.05, 4.69) is 24.3 Å². The van der Waals surface area contributed by atoms with Crippen molar-refractivity contribution in [1.29, 1.82) is 0 Å². The van der Waals surface area contributed by atoms with Crippen LogP contribution in [-0.2, 0) is 9.47 Å². The summed E-state index contributed by atoms with van der Waals surface area (Å²) >= 11 is 0. The summed E-state index contributed by atoms with van der Waals surface area (Å²) in [6.45, 7) is 0.712. The largest absolute Gasteiger partial charge is 0.347 e. The molecule has 2 fully saturated rings. The van der Waals surface area contributed by atoms with E-state index in [-0.39, 0.29) is 11.9 Å². The van der Waals surface area contributed by atoms with Crippen LogP contribution in [0.15, 0.2) is 30.3 Å². The summed E-state index contributed by atoms with van der Waals surface area (Å²) in [5.74, 6) is -0.251. The van der Waals surface area contributed by atoms with Crippen LogP contribution in [0.5, 0.6) is 0 Å². The number of ether oxygens (including phenoxy) is 2. The van der Waals surface area contributed by atoms with Gasteiger partial charge in [0.2, 0.25) is 0 Å². The van der Waals surface area contributed by atoms with Gasteiger partial charge < -0.3 is 9.47 Å². The molecule has 1 heterocycles. The fourth-order valence-electron chi connectivity index (χ4n) is 2.74. The molecule has 1 aliphatic heterocycles. The molecule has 3 rings (SSSR count). The lowest BCUT2D eigenvalue weighted by Crippen LogP contribution is -2.32. The average Bonchev–Trinajstić information content (AvgIpc) is 2.75. The predicted molar refractivity (Wildman–Crippen MR) is 62.0 cm³/mol. The summed E-state index contributed by atoms with van der Waals surface area (Å²) < 4.78 is 12.1. The van der Waals surface area contributed by atoms with Crippen molar-refractivity contribution in [3.05, 3.63) is 35.9 Å². The van der Waals surface area contributed by atoms with E-state index in [1.54, 1.807) is 0 Å². The maximum atomic E-state index is 6.15. The lowest BCUT2D eigenvalue weighted by molar-refractivity contribution is -0.187. The highest BCUT2D eigenvalue weighted by Gasteiger charge is 2.42. The summed E-state index contributed by atoms with van der Waals surface area (Å²) in [5.41, 5.74) is 1.24. The summed E-state index contributed by atoms with van der Waals surface area (Å²) in [4.78, 5) is 0. The molecule has 2 aliphatic rings. The smallest absolute Gasteiger partial charge is 0.169 e. The van der Waals surface area contributed by atoms with Crippen LogP contribution < -0.4 is 0 Å². The van der Waals surface area contributed by atoms with Gasteiger partial charge in [0.25, 0.3) is 0 Å². The van der Waals surface area contributed by atoms with E-state index < -0.39 is 0 Å². The Hall–Kier alpha value is -0.860. The van der Waals surface area contributed by atoms with Crippen LogP contribution in [0.4, 0.5) is 0 Å². The Bertz CT molecular complexity index is 341. The van der Waals surface area contributed by atoms with Gasteiger partial charge in [-0.3, -0.25) is 0 Å². The van der Waals surface area contributed by atoms with Crippen LogP contribution in [0, 0.1) is 0 Å². The van der Waals surface area contributed by atoms with Crippen molar-refractivity contribution in [3.63, 3.8) is 0 Å². The average molecular weight is 218 g/mol. The van der Waals surface area contributed by atoms with Gasteiger partial charge in [0, 0.05) is 12.8 Å². The zero-order chi connectivity index (χ0) is 10.8. The summed E-state index contributed by atoms with van der Waals surface area (Å²) in [6.07, 6.45) is 6.07. The van der Waals surface area contributed by atoms with Gasteiger partial charge in [0.05, 0.1) is 6.61 Å². The normalized spacial score (nSPS) is 28.4. The van der Waals surface area contributed by atoms with Crippen LogP contribution in [-0.4, -0.2) is 12.4 Å². The lowest BCUT2D eigenvalue weighted by atomic mass is 9.94. The molecule has 1 aliphatic carbocycles. The van der Waals surface area contributed by atoms with Crippen molar-refractivity contribution in [1.82, 2.24) is 0 Å². The van der Waals surface area contributed by atoms with Crippen molar-refractivity contribution in [2.75, 3.05) is 6.61 Å². The van der Waals surface area contributed by atoms with Crippen molar-refractivity contribution in [3.8, 4) is 0 Å². The standard InChI is InChI=1S/C14H18O2/c1-3-7-12(8-4-1)13-11-15-14(16-13)9-5-2-6-10-14/h1,3-4,7-8,13H,2,5-6,9-11H2/t13-/m1/s1. The fraction of sp³-hybridized carbons (Fsp3) is 0.571. The monoisotopic (exact) mass is 218 g/mol. The van der Waals surface area contributed by atoms with E-state index in [4.69, 9.17) is 9.47 Å². The van der Waals surface area contributed by atoms with Gasteiger partial charge in [0.1, 0.15) is 6.10 Å². The molecule has 0 unspecified atom stereocenters. The first-order chi connectivity index (χ1) is 7.88. The minimum atomic E-state index is -0.251. The van der Waals surface area contributed by atoms with Gasteiger partial charge in [-0.15, -0.1) is 0 Å². The molecule has 86 valence electrons. The summed E-state index contributed by atoms with van der Waals surface area (Å²) in [5, 5.41) is 0. The molecule has 0 aromatic heterocycles. The van der Waals surface area contributed by atoms with E-state index in [0.717, 1.165) is 12.8 Å². The van der Waals surface area contributed by atoms with Crippen LogP contribution in [0.1, 0.15) is 43.8 Å². The second-order valence-electron chi connectivity index (χ2n) is 4.80. The minimum absolute atomic E-state index is 0.138. The molecule has 0 N–H and O–H groups in total. The molecule has 1 atom stereocenters. The van der Waals surface area contributed by atoms with E-state index in [1.165, 1.54) is 24.8 Å². The molecule has 2 nitrogen and oxygen atoms in total. The maximum Gasteiger partial charge on any atom is 0.169 e.